The highest BCUT2D eigenvalue weighted by Crippen LogP contribution is 2.42. The Balaban J connectivity index is 1.36. The number of pyridine rings is 1. The van der Waals surface area contributed by atoms with Gasteiger partial charge in [-0.15, -0.1) is 0 Å². The third-order valence-corrected chi connectivity index (χ3v) is 7.26. The van der Waals surface area contributed by atoms with E-state index in [1.165, 1.54) is 0 Å². The second-order valence-electron chi connectivity index (χ2n) is 9.27. The van der Waals surface area contributed by atoms with Crippen LogP contribution in [0.3, 0.4) is 0 Å². The topological polar surface area (TPSA) is 60.8 Å². The van der Waals surface area contributed by atoms with E-state index in [1.54, 1.807) is 14.2 Å². The quantitative estimate of drug-likeness (QED) is 0.213. The monoisotopic (exact) mass is 548 g/mol. The number of hydrogen-bond donors (Lipinski definition) is 1. The van der Waals surface area contributed by atoms with Crippen molar-refractivity contribution in [2.45, 2.75) is 12.1 Å². The average Bonchev–Trinajstić information content (AvgIpc) is 3.63. The molecule has 7 nitrogen and oxygen atoms in total. The van der Waals surface area contributed by atoms with Gasteiger partial charge in [-0.05, 0) is 109 Å². The number of methoxy groups -OCH3 is 2. The molecule has 0 amide bonds. The van der Waals surface area contributed by atoms with Crippen molar-refractivity contribution in [3.05, 3.63) is 127 Å². The van der Waals surface area contributed by atoms with Gasteiger partial charge in [0.15, 0.2) is 5.11 Å². The van der Waals surface area contributed by atoms with Crippen LogP contribution in [0.25, 0.3) is 5.69 Å². The summed E-state index contributed by atoms with van der Waals surface area (Å²) in [6, 6.07) is 33.3. The summed E-state index contributed by atoms with van der Waals surface area (Å²) in [7, 11) is 3.32. The minimum atomic E-state index is -0.159. The van der Waals surface area contributed by atoms with Crippen LogP contribution in [0.4, 0.5) is 5.69 Å². The van der Waals surface area contributed by atoms with E-state index in [2.05, 4.69) is 50.2 Å². The molecule has 1 aliphatic rings. The van der Waals surface area contributed by atoms with Gasteiger partial charge < -0.3 is 29.0 Å². The molecule has 0 radical (unpaired) electrons. The summed E-state index contributed by atoms with van der Waals surface area (Å²) < 4.78 is 18.9. The highest BCUT2D eigenvalue weighted by atomic mass is 32.1. The van der Waals surface area contributed by atoms with Crippen LogP contribution in [0.2, 0.25) is 0 Å². The Morgan fingerprint density at radius 3 is 1.93 bits per heavy atom. The van der Waals surface area contributed by atoms with E-state index < -0.39 is 0 Å². The van der Waals surface area contributed by atoms with Crippen LogP contribution in [0.15, 0.2) is 116 Å². The van der Waals surface area contributed by atoms with E-state index in [0.29, 0.717) is 5.11 Å². The van der Waals surface area contributed by atoms with Crippen molar-refractivity contribution in [3.63, 3.8) is 0 Å². The first kappa shape index (κ1) is 25.5. The number of thiocarbonyl (C=S) groups is 1. The molecule has 1 saturated heterocycles. The van der Waals surface area contributed by atoms with E-state index in [1.807, 2.05) is 85.1 Å². The molecule has 1 N–H and O–H groups in total. The van der Waals surface area contributed by atoms with Crippen LogP contribution >= 0.6 is 12.2 Å². The van der Waals surface area contributed by atoms with Gasteiger partial charge in [-0.25, -0.2) is 0 Å². The molecule has 6 rings (SSSR count). The molecule has 2 atom stereocenters. The SMILES string of the molecule is COc1ccc(Oc2ccc(N3C(=S)N[C@@H](c4ccccn4)[C@H]3c3cccn3-c3ccc(OC)cc3)cc2)cc1. The predicted molar refractivity (Wildman–Crippen MR) is 160 cm³/mol. The van der Waals surface area contributed by atoms with Crippen molar-refractivity contribution < 1.29 is 14.2 Å². The predicted octanol–water partition coefficient (Wildman–Crippen LogP) is 6.86. The highest BCUT2D eigenvalue weighted by Gasteiger charge is 2.42. The van der Waals surface area contributed by atoms with Gasteiger partial charge >= 0.3 is 0 Å². The zero-order valence-corrected chi connectivity index (χ0v) is 22.9. The second-order valence-corrected chi connectivity index (χ2v) is 9.66. The number of anilines is 1. The zero-order valence-electron chi connectivity index (χ0n) is 22.1. The lowest BCUT2D eigenvalue weighted by atomic mass is 10.0. The summed E-state index contributed by atoms with van der Waals surface area (Å²) in [5, 5.41) is 4.17. The Morgan fingerprint density at radius 2 is 1.30 bits per heavy atom. The summed E-state index contributed by atoms with van der Waals surface area (Å²) in [5.41, 5.74) is 3.97. The van der Waals surface area contributed by atoms with Crippen LogP contribution < -0.4 is 24.4 Å². The van der Waals surface area contributed by atoms with Gasteiger partial charge in [-0.1, -0.05) is 6.07 Å². The maximum atomic E-state index is 6.06. The molecule has 3 heterocycles. The molecule has 1 fully saturated rings. The van der Waals surface area contributed by atoms with Crippen molar-refractivity contribution in [1.82, 2.24) is 14.9 Å². The van der Waals surface area contributed by atoms with Crippen LogP contribution in [0.1, 0.15) is 23.5 Å². The summed E-state index contributed by atoms with van der Waals surface area (Å²) in [6.07, 6.45) is 3.88. The Kier molecular flexibility index (Phi) is 7.08. The molecule has 40 heavy (non-hydrogen) atoms. The summed E-state index contributed by atoms with van der Waals surface area (Å²) in [5.74, 6) is 3.06. The maximum absolute atomic E-state index is 6.06. The molecular weight excluding hydrogens is 520 g/mol. The fraction of sp³-hybridized carbons (Fsp3) is 0.125. The van der Waals surface area contributed by atoms with Crippen LogP contribution in [0.5, 0.6) is 23.0 Å². The number of aromatic nitrogens is 2. The van der Waals surface area contributed by atoms with Gasteiger partial charge in [0.2, 0.25) is 0 Å². The van der Waals surface area contributed by atoms with Crippen molar-refractivity contribution in [1.29, 1.82) is 0 Å². The lowest BCUT2D eigenvalue weighted by molar-refractivity contribution is 0.413. The number of benzene rings is 3. The van der Waals surface area contributed by atoms with Crippen molar-refractivity contribution in [2.24, 2.45) is 0 Å². The molecule has 0 aliphatic carbocycles. The molecule has 0 unspecified atom stereocenters. The van der Waals surface area contributed by atoms with E-state index in [0.717, 1.165) is 45.8 Å². The molecule has 0 spiro atoms. The van der Waals surface area contributed by atoms with Crippen LogP contribution in [-0.4, -0.2) is 28.9 Å². The van der Waals surface area contributed by atoms with Gasteiger partial charge in [0, 0.05) is 29.5 Å². The van der Waals surface area contributed by atoms with Crippen molar-refractivity contribution in [3.8, 4) is 28.7 Å². The molecule has 8 heteroatoms. The van der Waals surface area contributed by atoms with Gasteiger partial charge in [-0.3, -0.25) is 4.98 Å². The summed E-state index contributed by atoms with van der Waals surface area (Å²) in [4.78, 5) is 6.83. The van der Waals surface area contributed by atoms with Gasteiger partial charge in [0.05, 0.1) is 26.0 Å². The Morgan fingerprint density at radius 1 is 0.700 bits per heavy atom. The lowest BCUT2D eigenvalue weighted by Gasteiger charge is -2.29. The van der Waals surface area contributed by atoms with Gasteiger partial charge in [0.1, 0.15) is 29.0 Å². The Labute approximate surface area is 238 Å². The first-order chi connectivity index (χ1) is 19.6. The largest absolute Gasteiger partial charge is 0.497 e. The average molecular weight is 549 g/mol. The lowest BCUT2D eigenvalue weighted by Crippen LogP contribution is -2.30. The maximum Gasteiger partial charge on any atom is 0.174 e. The first-order valence-corrected chi connectivity index (χ1v) is 13.3. The standard InChI is InChI=1S/C32H28N4O3S/c1-37-24-12-8-22(9-13-24)35-21-5-7-29(35)31-30(28-6-3-4-20-33-28)34-32(40)36(31)23-10-14-26(15-11-23)39-27-18-16-25(38-2)17-19-27/h3-21,30-31H,1-2H3,(H,34,40)/t30-,31+/m0/s1. The smallest absolute Gasteiger partial charge is 0.174 e. The van der Waals surface area contributed by atoms with Crippen LogP contribution in [0, 0.1) is 0 Å². The fourth-order valence-electron chi connectivity index (χ4n) is 5.00. The second kappa shape index (κ2) is 11.1. The minimum absolute atomic E-state index is 0.157. The molecular formula is C32H28N4O3S. The summed E-state index contributed by atoms with van der Waals surface area (Å²) >= 11 is 5.92. The number of ether oxygens (including phenoxy) is 3. The molecule has 2 aromatic heterocycles. The van der Waals surface area contributed by atoms with Gasteiger partial charge in [0.25, 0.3) is 0 Å². The number of hydrogen-bond acceptors (Lipinski definition) is 5. The van der Waals surface area contributed by atoms with E-state index in [-0.39, 0.29) is 12.1 Å². The van der Waals surface area contributed by atoms with Crippen molar-refractivity contribution >= 4 is 23.0 Å². The molecule has 3 aromatic carbocycles. The molecule has 0 bridgehead atoms. The van der Waals surface area contributed by atoms with Gasteiger partial charge in [-0.2, -0.15) is 0 Å². The number of nitrogens with zero attached hydrogens (tertiary/aromatic N) is 3. The first-order valence-electron chi connectivity index (χ1n) is 12.9. The van der Waals surface area contributed by atoms with Crippen molar-refractivity contribution in [2.75, 3.05) is 19.1 Å². The normalized spacial score (nSPS) is 16.4. The molecule has 1 aliphatic heterocycles. The van der Waals surface area contributed by atoms with E-state index in [4.69, 9.17) is 26.4 Å². The van der Waals surface area contributed by atoms with E-state index >= 15 is 0 Å². The zero-order chi connectivity index (χ0) is 27.5. The fourth-order valence-corrected chi connectivity index (χ4v) is 5.35. The van der Waals surface area contributed by atoms with Crippen LogP contribution in [-0.2, 0) is 0 Å². The molecule has 200 valence electrons. The molecule has 5 aromatic rings. The third-order valence-electron chi connectivity index (χ3n) is 6.94. The number of rotatable bonds is 8. The Hall–Kier alpha value is -4.82. The minimum Gasteiger partial charge on any atom is -0.497 e. The number of nitrogens with one attached hydrogen (secondary N) is 1. The summed E-state index contributed by atoms with van der Waals surface area (Å²) in [6.45, 7) is 0. The third kappa shape index (κ3) is 4.97. The molecule has 0 saturated carbocycles. The Bertz CT molecular complexity index is 1590. The highest BCUT2D eigenvalue weighted by molar-refractivity contribution is 7.80. The van der Waals surface area contributed by atoms with E-state index in [9.17, 15) is 0 Å².